The summed E-state index contributed by atoms with van der Waals surface area (Å²) >= 11 is 1.58. The predicted molar refractivity (Wildman–Crippen MR) is 132 cm³/mol. The molecule has 0 saturated carbocycles. The van der Waals surface area contributed by atoms with E-state index in [1.807, 2.05) is 42.5 Å². The van der Waals surface area contributed by atoms with E-state index in [-0.39, 0.29) is 10.8 Å². The van der Waals surface area contributed by atoms with Crippen LogP contribution in [0, 0.1) is 0 Å². The molecule has 1 fully saturated rings. The number of ether oxygens (including phenoxy) is 2. The fraction of sp³-hybridized carbons (Fsp3) is 0.296. The molecule has 33 heavy (non-hydrogen) atoms. The number of para-hydroxylation sites is 1. The van der Waals surface area contributed by atoms with Crippen LogP contribution in [-0.2, 0) is 10.2 Å². The molecule has 0 aliphatic carbocycles. The Kier molecular flexibility index (Phi) is 7.26. The molecule has 0 radical (unpaired) electrons. The average molecular weight is 464 g/mol. The number of hydrogen-bond donors (Lipinski definition) is 2. The van der Waals surface area contributed by atoms with E-state index in [9.17, 15) is 9.90 Å². The van der Waals surface area contributed by atoms with Crippen molar-refractivity contribution in [1.29, 1.82) is 0 Å². The number of hydrogen-bond acceptors (Lipinski definition) is 5. The van der Waals surface area contributed by atoms with Crippen LogP contribution in [0.3, 0.4) is 0 Å². The summed E-state index contributed by atoms with van der Waals surface area (Å²) in [6.07, 6.45) is 0. The van der Waals surface area contributed by atoms with Crippen LogP contribution in [-0.4, -0.2) is 36.1 Å². The first-order chi connectivity index (χ1) is 15.9. The number of nitrogens with one attached hydrogen (secondary N) is 1. The van der Waals surface area contributed by atoms with Crippen molar-refractivity contribution in [2.75, 3.05) is 19.0 Å². The van der Waals surface area contributed by atoms with Gasteiger partial charge < -0.3 is 14.6 Å². The molecule has 0 spiro atoms. The molecule has 1 saturated heterocycles. The van der Waals surface area contributed by atoms with Gasteiger partial charge in [-0.2, -0.15) is 0 Å². The molecule has 1 aliphatic rings. The van der Waals surface area contributed by atoms with Gasteiger partial charge in [0.05, 0.1) is 5.37 Å². The molecule has 1 aliphatic heterocycles. The number of aliphatic carboxylic acids is 1. The van der Waals surface area contributed by atoms with Gasteiger partial charge in [-0.15, -0.1) is 11.8 Å². The van der Waals surface area contributed by atoms with E-state index >= 15 is 0 Å². The van der Waals surface area contributed by atoms with Crippen LogP contribution in [0.1, 0.15) is 35.9 Å². The second kappa shape index (κ2) is 10.3. The fourth-order valence-electron chi connectivity index (χ4n) is 3.92. The highest BCUT2D eigenvalue weighted by Gasteiger charge is 2.31. The van der Waals surface area contributed by atoms with Crippen LogP contribution in [0.2, 0.25) is 0 Å². The third-order valence-corrected chi connectivity index (χ3v) is 7.21. The summed E-state index contributed by atoms with van der Waals surface area (Å²) in [6.45, 7) is 5.26. The highest BCUT2D eigenvalue weighted by atomic mass is 32.2. The molecule has 2 unspecified atom stereocenters. The molecule has 3 aromatic rings. The summed E-state index contributed by atoms with van der Waals surface area (Å²) in [5.74, 6) is 1.26. The Labute approximate surface area is 199 Å². The van der Waals surface area contributed by atoms with Crippen molar-refractivity contribution in [1.82, 2.24) is 5.32 Å². The molecule has 1 heterocycles. The fourth-order valence-corrected chi connectivity index (χ4v) is 5.18. The van der Waals surface area contributed by atoms with Crippen LogP contribution in [0.4, 0.5) is 0 Å². The summed E-state index contributed by atoms with van der Waals surface area (Å²) in [4.78, 5) is 11.2. The van der Waals surface area contributed by atoms with Crippen molar-refractivity contribution in [2.45, 2.75) is 30.7 Å². The van der Waals surface area contributed by atoms with Gasteiger partial charge in [-0.05, 0) is 29.3 Å². The minimum atomic E-state index is -0.824. The maximum atomic E-state index is 11.2. The standard InChI is InChI=1S/C27H29NO4S/c1-27(2,19-8-4-3-5-9-19)20-12-14-21(15-13-20)31-16-17-32-24-11-7-6-10-22(24)25-28-23(18-33-25)26(29)30/h3-15,23,25,28H,16-18H2,1-2H3,(H,29,30). The Hall–Kier alpha value is -2.96. The first-order valence-corrected chi connectivity index (χ1v) is 12.1. The zero-order chi connectivity index (χ0) is 23.3. The molecule has 2 N–H and O–H groups in total. The lowest BCUT2D eigenvalue weighted by molar-refractivity contribution is -0.138. The number of rotatable bonds is 9. The molecule has 2 atom stereocenters. The Balaban J connectivity index is 1.31. The Morgan fingerprint density at radius 2 is 1.58 bits per heavy atom. The third-order valence-electron chi connectivity index (χ3n) is 5.96. The topological polar surface area (TPSA) is 67.8 Å². The predicted octanol–water partition coefficient (Wildman–Crippen LogP) is 5.26. The van der Waals surface area contributed by atoms with Crippen LogP contribution in [0.25, 0.3) is 0 Å². The van der Waals surface area contributed by atoms with E-state index in [1.54, 1.807) is 11.8 Å². The molecule has 0 amide bonds. The van der Waals surface area contributed by atoms with Crippen molar-refractivity contribution in [3.63, 3.8) is 0 Å². The largest absolute Gasteiger partial charge is 0.490 e. The van der Waals surface area contributed by atoms with Crippen LogP contribution in [0.15, 0.2) is 78.9 Å². The van der Waals surface area contributed by atoms with Gasteiger partial charge in [0.15, 0.2) is 0 Å². The summed E-state index contributed by atoms with van der Waals surface area (Å²) < 4.78 is 11.9. The first kappa shape index (κ1) is 23.2. The van der Waals surface area contributed by atoms with Gasteiger partial charge in [0.1, 0.15) is 30.8 Å². The second-order valence-corrected chi connectivity index (χ2v) is 9.66. The Morgan fingerprint density at radius 1 is 0.939 bits per heavy atom. The SMILES string of the molecule is CC(C)(c1ccccc1)c1ccc(OCCOc2ccccc2C2NC(C(=O)O)CS2)cc1. The van der Waals surface area contributed by atoms with Gasteiger partial charge >= 0.3 is 5.97 Å². The average Bonchev–Trinajstić information content (AvgIpc) is 3.34. The van der Waals surface area contributed by atoms with E-state index < -0.39 is 12.0 Å². The Morgan fingerprint density at radius 3 is 2.27 bits per heavy atom. The van der Waals surface area contributed by atoms with Crippen LogP contribution < -0.4 is 14.8 Å². The Bertz CT molecular complexity index is 1070. The second-order valence-electron chi connectivity index (χ2n) is 8.52. The maximum absolute atomic E-state index is 11.2. The molecule has 3 aromatic carbocycles. The molecule has 0 aromatic heterocycles. The van der Waals surface area contributed by atoms with Gasteiger partial charge in [0.25, 0.3) is 0 Å². The van der Waals surface area contributed by atoms with Crippen molar-refractivity contribution < 1.29 is 19.4 Å². The van der Waals surface area contributed by atoms with E-state index in [4.69, 9.17) is 9.47 Å². The summed E-state index contributed by atoms with van der Waals surface area (Å²) in [5.41, 5.74) is 3.37. The quantitative estimate of drug-likeness (QED) is 0.422. The molecular formula is C27H29NO4S. The maximum Gasteiger partial charge on any atom is 0.321 e. The summed E-state index contributed by atoms with van der Waals surface area (Å²) in [7, 11) is 0. The van der Waals surface area contributed by atoms with Gasteiger partial charge in [0.2, 0.25) is 0 Å². The van der Waals surface area contributed by atoms with E-state index in [0.717, 1.165) is 17.1 Å². The summed E-state index contributed by atoms with van der Waals surface area (Å²) in [6, 6.07) is 25.9. The zero-order valence-electron chi connectivity index (χ0n) is 18.9. The minimum Gasteiger partial charge on any atom is -0.490 e. The van der Waals surface area contributed by atoms with Gasteiger partial charge in [-0.1, -0.05) is 74.5 Å². The monoisotopic (exact) mass is 463 g/mol. The lowest BCUT2D eigenvalue weighted by atomic mass is 9.78. The van der Waals surface area contributed by atoms with E-state index in [0.29, 0.717) is 19.0 Å². The number of benzene rings is 3. The van der Waals surface area contributed by atoms with Crippen molar-refractivity contribution >= 4 is 17.7 Å². The molecular weight excluding hydrogens is 434 g/mol. The lowest BCUT2D eigenvalue weighted by Crippen LogP contribution is -2.33. The van der Waals surface area contributed by atoms with Gasteiger partial charge in [-0.25, -0.2) is 0 Å². The lowest BCUT2D eigenvalue weighted by Gasteiger charge is -2.26. The highest BCUT2D eigenvalue weighted by molar-refractivity contribution is 7.99. The van der Waals surface area contributed by atoms with Crippen LogP contribution >= 0.6 is 11.8 Å². The van der Waals surface area contributed by atoms with Crippen molar-refractivity contribution in [3.8, 4) is 11.5 Å². The molecule has 172 valence electrons. The van der Waals surface area contributed by atoms with E-state index in [1.165, 1.54) is 11.1 Å². The van der Waals surface area contributed by atoms with Crippen molar-refractivity contribution in [3.05, 3.63) is 95.6 Å². The molecule has 4 rings (SSSR count). The molecule has 0 bridgehead atoms. The molecule has 6 heteroatoms. The van der Waals surface area contributed by atoms with Crippen LogP contribution in [0.5, 0.6) is 11.5 Å². The van der Waals surface area contributed by atoms with Gasteiger partial charge in [-0.3, -0.25) is 10.1 Å². The highest BCUT2D eigenvalue weighted by Crippen LogP contribution is 2.37. The first-order valence-electron chi connectivity index (χ1n) is 11.1. The number of carbonyl (C=O) groups is 1. The minimum absolute atomic E-state index is 0.0848. The number of thioether (sulfide) groups is 1. The molecule has 5 nitrogen and oxygen atoms in total. The zero-order valence-corrected chi connectivity index (χ0v) is 19.7. The number of carboxylic acids is 1. The smallest absolute Gasteiger partial charge is 0.321 e. The number of carboxylic acid groups (broad SMARTS) is 1. The van der Waals surface area contributed by atoms with Crippen molar-refractivity contribution in [2.24, 2.45) is 0 Å². The van der Waals surface area contributed by atoms with Gasteiger partial charge in [0, 0.05) is 16.7 Å². The third kappa shape index (κ3) is 5.52. The van der Waals surface area contributed by atoms with E-state index in [2.05, 4.69) is 55.6 Å². The normalized spacial score (nSPS) is 18.1. The summed E-state index contributed by atoms with van der Waals surface area (Å²) in [5, 5.41) is 12.3.